The topological polar surface area (TPSA) is 105 Å². The number of ketones is 2. The molecule has 4 aliphatic carbocycles. The number of rotatable bonds is 6. The maximum atomic E-state index is 17.6. The SMILES string of the molecule is C.CNc1cccc(Cc2ccc([C@H]3O[C@@H]4C[C@H]5[C@@H]6C[C@H](F)C7=CC(=O)C=C[C@]7(C)[C@@]6(F)[C@@H](O)C[C@]5(C)[C@]4(C(=O)CO)O3)cc2)c1. The van der Waals surface area contributed by atoms with E-state index < -0.39 is 76.8 Å². The lowest BCUT2D eigenvalue weighted by atomic mass is 9.44. The fraction of sp³-hybridized carbons (Fsp3) is 0.514. The summed E-state index contributed by atoms with van der Waals surface area (Å²) in [5.41, 5.74) is -2.65. The van der Waals surface area contributed by atoms with Gasteiger partial charge in [-0.2, -0.15) is 0 Å². The number of ether oxygens (including phenoxy) is 2. The number of carbonyl (C=O) groups excluding carboxylic acids is 2. The van der Waals surface area contributed by atoms with Gasteiger partial charge in [0.05, 0.1) is 12.2 Å². The van der Waals surface area contributed by atoms with Crippen molar-refractivity contribution in [3.63, 3.8) is 0 Å². The van der Waals surface area contributed by atoms with Crippen LogP contribution in [-0.2, 0) is 25.5 Å². The molecule has 1 aliphatic heterocycles. The van der Waals surface area contributed by atoms with E-state index in [0.29, 0.717) is 5.56 Å². The third-order valence-corrected chi connectivity index (χ3v) is 11.8. The molecule has 246 valence electrons. The van der Waals surface area contributed by atoms with Gasteiger partial charge in [0.2, 0.25) is 0 Å². The Bertz CT molecular complexity index is 1610. The Morgan fingerprint density at radius 3 is 2.52 bits per heavy atom. The van der Waals surface area contributed by atoms with E-state index in [2.05, 4.69) is 17.4 Å². The molecule has 1 heterocycles. The molecule has 4 fully saturated rings. The van der Waals surface area contributed by atoms with Gasteiger partial charge in [-0.15, -0.1) is 0 Å². The third kappa shape index (κ3) is 4.28. The summed E-state index contributed by atoms with van der Waals surface area (Å²) < 4.78 is 46.4. The Labute approximate surface area is 268 Å². The van der Waals surface area contributed by atoms with Crippen LogP contribution in [0.15, 0.2) is 72.3 Å². The lowest BCUT2D eigenvalue weighted by molar-refractivity contribution is -0.235. The second kappa shape index (κ2) is 11.2. The van der Waals surface area contributed by atoms with E-state index in [-0.39, 0.29) is 32.3 Å². The molecule has 0 amide bonds. The quantitative estimate of drug-likeness (QED) is 0.380. The highest BCUT2D eigenvalue weighted by atomic mass is 19.1. The summed E-state index contributed by atoms with van der Waals surface area (Å²) in [6.45, 7) is 2.51. The Morgan fingerprint density at radius 2 is 1.83 bits per heavy atom. The fourth-order valence-corrected chi connectivity index (χ4v) is 9.58. The van der Waals surface area contributed by atoms with Gasteiger partial charge in [0.25, 0.3) is 0 Å². The zero-order chi connectivity index (χ0) is 31.9. The maximum absolute atomic E-state index is 17.6. The smallest absolute Gasteiger partial charge is 0.193 e. The van der Waals surface area contributed by atoms with Crippen molar-refractivity contribution in [1.82, 2.24) is 0 Å². The predicted octanol–water partition coefficient (Wildman–Crippen LogP) is 5.60. The number of aliphatic hydroxyl groups is 2. The molecule has 0 spiro atoms. The summed E-state index contributed by atoms with van der Waals surface area (Å²) in [4.78, 5) is 25.9. The third-order valence-electron chi connectivity index (χ3n) is 11.8. The Balaban J connectivity index is 0.00000372. The summed E-state index contributed by atoms with van der Waals surface area (Å²) >= 11 is 0. The monoisotopic (exact) mass is 635 g/mol. The van der Waals surface area contributed by atoms with Crippen LogP contribution in [0.5, 0.6) is 0 Å². The van der Waals surface area contributed by atoms with Gasteiger partial charge in [-0.1, -0.05) is 56.8 Å². The molecule has 5 aliphatic rings. The number of fused-ring (bicyclic) bond motifs is 7. The first-order chi connectivity index (χ1) is 21.4. The number of hydrogen-bond donors (Lipinski definition) is 3. The number of anilines is 1. The number of benzene rings is 2. The molecule has 2 aromatic rings. The van der Waals surface area contributed by atoms with Crippen molar-refractivity contribution in [1.29, 1.82) is 0 Å². The Kier molecular flexibility index (Phi) is 7.95. The summed E-state index contributed by atoms with van der Waals surface area (Å²) in [7, 11) is 1.88. The summed E-state index contributed by atoms with van der Waals surface area (Å²) in [5.74, 6) is -2.58. The van der Waals surface area contributed by atoms with Crippen LogP contribution in [0, 0.1) is 22.7 Å². The lowest BCUT2D eigenvalue weighted by Gasteiger charge is -2.63. The average Bonchev–Trinajstić information content (AvgIpc) is 3.53. The van der Waals surface area contributed by atoms with Gasteiger partial charge in [-0.25, -0.2) is 8.78 Å². The zero-order valence-corrected chi connectivity index (χ0v) is 25.6. The van der Waals surface area contributed by atoms with Crippen LogP contribution in [0.4, 0.5) is 14.5 Å². The van der Waals surface area contributed by atoms with E-state index in [0.717, 1.165) is 29.3 Å². The molecule has 9 heteroatoms. The predicted molar refractivity (Wildman–Crippen MR) is 170 cm³/mol. The molecule has 2 aromatic carbocycles. The van der Waals surface area contributed by atoms with Crippen molar-refractivity contribution in [2.75, 3.05) is 19.0 Å². The van der Waals surface area contributed by atoms with Gasteiger partial charge in [0.15, 0.2) is 29.1 Å². The minimum Gasteiger partial charge on any atom is -0.390 e. The molecule has 0 aromatic heterocycles. The molecule has 1 saturated heterocycles. The van der Waals surface area contributed by atoms with Crippen molar-refractivity contribution in [3.8, 4) is 0 Å². The van der Waals surface area contributed by atoms with Crippen LogP contribution in [0.3, 0.4) is 0 Å². The minimum atomic E-state index is -2.28. The van der Waals surface area contributed by atoms with E-state index in [9.17, 15) is 19.8 Å². The van der Waals surface area contributed by atoms with Crippen molar-refractivity contribution >= 4 is 17.3 Å². The van der Waals surface area contributed by atoms with Gasteiger partial charge in [-0.3, -0.25) is 9.59 Å². The molecule has 0 radical (unpaired) electrons. The fourth-order valence-electron chi connectivity index (χ4n) is 9.58. The first kappa shape index (κ1) is 32.7. The molecule has 7 rings (SSSR count). The number of carbonyl (C=O) groups is 2. The van der Waals surface area contributed by atoms with Crippen molar-refractivity contribution in [2.45, 2.75) is 82.9 Å². The normalized spacial score (nSPS) is 40.6. The van der Waals surface area contributed by atoms with E-state index in [1.807, 2.05) is 43.4 Å². The van der Waals surface area contributed by atoms with Crippen molar-refractivity contribution in [3.05, 3.63) is 89.0 Å². The molecule has 0 unspecified atom stereocenters. The van der Waals surface area contributed by atoms with Gasteiger partial charge >= 0.3 is 0 Å². The van der Waals surface area contributed by atoms with Crippen molar-refractivity contribution < 1.29 is 38.1 Å². The van der Waals surface area contributed by atoms with E-state index in [4.69, 9.17) is 9.47 Å². The Hall–Kier alpha value is -3.24. The molecule has 46 heavy (non-hydrogen) atoms. The van der Waals surface area contributed by atoms with E-state index >= 15 is 8.78 Å². The first-order valence-corrected chi connectivity index (χ1v) is 15.7. The maximum Gasteiger partial charge on any atom is 0.193 e. The van der Waals surface area contributed by atoms with E-state index in [1.165, 1.54) is 12.2 Å². The number of allylic oxidation sites excluding steroid dienone is 4. The first-order valence-electron chi connectivity index (χ1n) is 15.7. The summed E-state index contributed by atoms with van der Waals surface area (Å²) in [5, 5.41) is 25.0. The summed E-state index contributed by atoms with van der Waals surface area (Å²) in [6.07, 6.45) is -0.622. The Morgan fingerprint density at radius 1 is 1.09 bits per heavy atom. The second-order valence-corrected chi connectivity index (χ2v) is 13.9. The lowest BCUT2D eigenvalue weighted by Crippen LogP contribution is -2.70. The number of halogens is 2. The number of alkyl halides is 2. The number of Topliss-reactive ketones (excluding diaryl/α,β-unsaturated/α-hetero) is 1. The van der Waals surface area contributed by atoms with Crippen molar-refractivity contribution in [2.24, 2.45) is 22.7 Å². The minimum absolute atomic E-state index is 0. The van der Waals surface area contributed by atoms with Gasteiger partial charge in [0.1, 0.15) is 12.8 Å². The average molecular weight is 636 g/mol. The second-order valence-electron chi connectivity index (χ2n) is 13.9. The van der Waals surface area contributed by atoms with Gasteiger partial charge < -0.3 is 25.0 Å². The highest BCUT2D eigenvalue weighted by Gasteiger charge is 2.80. The molecular weight excluding hydrogens is 592 g/mol. The van der Waals surface area contributed by atoms with Crippen LogP contribution in [0.1, 0.15) is 63.5 Å². The zero-order valence-electron chi connectivity index (χ0n) is 25.6. The molecule has 0 bridgehead atoms. The molecule has 3 saturated carbocycles. The molecule has 7 nitrogen and oxygen atoms in total. The van der Waals surface area contributed by atoms with Gasteiger partial charge in [0, 0.05) is 35.0 Å². The van der Waals surface area contributed by atoms with Crippen LogP contribution >= 0.6 is 0 Å². The standard InChI is InChI=1S/C36H39F2NO6.CH4/c1-33-12-11-24(41)15-27(33)28(37)16-26-25-17-31-36(30(43)19-40,34(25,2)18-29(42)35(26,33)38)45-32(44-31)22-9-7-20(8-10-22)13-21-5-4-6-23(14-21)39-3;/h4-12,14-15,25-26,28-29,31-32,39-40,42H,13,16-19H2,1-3H3;1H4/t25-,26-,28-,29-,31+,32-,33-,34-,35-,36+;/m0./s1. The van der Waals surface area contributed by atoms with Crippen LogP contribution in [0.25, 0.3) is 0 Å². The van der Waals surface area contributed by atoms with Crippen LogP contribution in [-0.4, -0.2) is 65.1 Å². The van der Waals surface area contributed by atoms with Gasteiger partial charge in [-0.05, 0) is 79.5 Å². The van der Waals surface area contributed by atoms with Crippen LogP contribution < -0.4 is 5.32 Å². The summed E-state index contributed by atoms with van der Waals surface area (Å²) in [6, 6.07) is 15.9. The molecule has 3 N–H and O–H groups in total. The number of aliphatic hydroxyl groups excluding tert-OH is 2. The van der Waals surface area contributed by atoms with Crippen LogP contribution in [0.2, 0.25) is 0 Å². The number of hydrogen-bond acceptors (Lipinski definition) is 7. The molecule has 10 atom stereocenters. The van der Waals surface area contributed by atoms with E-state index in [1.54, 1.807) is 13.8 Å². The largest absolute Gasteiger partial charge is 0.390 e. The molecular formula is C37H43F2NO6. The number of nitrogens with one attached hydrogen (secondary N) is 1. The highest BCUT2D eigenvalue weighted by Crippen LogP contribution is 2.72. The highest BCUT2D eigenvalue weighted by molar-refractivity contribution is 6.01.